The average molecular weight is 288 g/mol. The molecule has 1 N–H and O–H groups in total. The van der Waals surface area contributed by atoms with Gasteiger partial charge in [-0.1, -0.05) is 51.5 Å². The molecular formula is C19H32N2. The maximum absolute atomic E-state index is 3.56. The number of nitrogens with one attached hydrogen (secondary N) is 1. The first-order chi connectivity index (χ1) is 10.2. The highest BCUT2D eigenvalue weighted by atomic mass is 15.1. The van der Waals surface area contributed by atoms with Crippen molar-refractivity contribution in [3.63, 3.8) is 0 Å². The van der Waals surface area contributed by atoms with Crippen molar-refractivity contribution in [2.24, 2.45) is 11.8 Å². The Kier molecular flexibility index (Phi) is 6.72. The van der Waals surface area contributed by atoms with Gasteiger partial charge >= 0.3 is 0 Å². The molecule has 1 atom stereocenters. The van der Waals surface area contributed by atoms with Gasteiger partial charge in [0.1, 0.15) is 0 Å². The lowest BCUT2D eigenvalue weighted by atomic mass is 10.0. The lowest BCUT2D eigenvalue weighted by molar-refractivity contribution is 0.314. The summed E-state index contributed by atoms with van der Waals surface area (Å²) in [5.41, 5.74) is 3.05. The van der Waals surface area contributed by atoms with Crippen LogP contribution in [0.5, 0.6) is 0 Å². The molecule has 21 heavy (non-hydrogen) atoms. The molecular weight excluding hydrogens is 256 g/mol. The Hall–Kier alpha value is -0.860. The standard InChI is InChI=1S/C19H32N2/c1-4-17-10-12-21(14-17)15-19-8-6-5-7-18(19)9-11-20-13-16(2)3/h5-8,16-17,20H,4,9-15H2,1-3H3. The predicted molar refractivity (Wildman–Crippen MR) is 91.5 cm³/mol. The van der Waals surface area contributed by atoms with Crippen LogP contribution in [0.1, 0.15) is 44.7 Å². The number of nitrogens with zero attached hydrogens (tertiary/aromatic N) is 1. The zero-order chi connectivity index (χ0) is 15.1. The monoisotopic (exact) mass is 288 g/mol. The molecule has 118 valence electrons. The van der Waals surface area contributed by atoms with Crippen molar-refractivity contribution in [3.05, 3.63) is 35.4 Å². The van der Waals surface area contributed by atoms with Crippen LogP contribution >= 0.6 is 0 Å². The Morgan fingerprint density at radius 3 is 2.67 bits per heavy atom. The maximum atomic E-state index is 3.56. The minimum absolute atomic E-state index is 0.732. The molecule has 0 aliphatic carbocycles. The normalized spacial score (nSPS) is 19.5. The zero-order valence-corrected chi connectivity index (χ0v) is 14.1. The number of rotatable bonds is 8. The summed E-state index contributed by atoms with van der Waals surface area (Å²) in [6.07, 6.45) is 3.86. The van der Waals surface area contributed by atoms with Crippen LogP contribution in [0.25, 0.3) is 0 Å². The van der Waals surface area contributed by atoms with Crippen LogP contribution in [0.4, 0.5) is 0 Å². The van der Waals surface area contributed by atoms with Gasteiger partial charge in [-0.15, -0.1) is 0 Å². The Morgan fingerprint density at radius 2 is 2.00 bits per heavy atom. The Balaban J connectivity index is 1.85. The fraction of sp³-hybridized carbons (Fsp3) is 0.684. The lowest BCUT2D eigenvalue weighted by Crippen LogP contribution is -2.24. The average Bonchev–Trinajstić information content (AvgIpc) is 2.92. The first kappa shape index (κ1) is 16.5. The quantitative estimate of drug-likeness (QED) is 0.734. The molecule has 1 heterocycles. The molecule has 0 bridgehead atoms. The summed E-state index contributed by atoms with van der Waals surface area (Å²) in [5.74, 6) is 1.65. The summed E-state index contributed by atoms with van der Waals surface area (Å²) in [5, 5.41) is 3.56. The summed E-state index contributed by atoms with van der Waals surface area (Å²) in [6, 6.07) is 8.99. The van der Waals surface area contributed by atoms with Crippen molar-refractivity contribution in [2.75, 3.05) is 26.2 Å². The molecule has 1 aromatic rings. The van der Waals surface area contributed by atoms with Gasteiger partial charge in [-0.3, -0.25) is 4.90 Å². The zero-order valence-electron chi connectivity index (χ0n) is 14.1. The first-order valence-electron chi connectivity index (χ1n) is 8.69. The van der Waals surface area contributed by atoms with Gasteiger partial charge in [-0.2, -0.15) is 0 Å². The van der Waals surface area contributed by atoms with Crippen molar-refractivity contribution in [2.45, 2.75) is 46.6 Å². The molecule has 0 saturated carbocycles. The number of hydrogen-bond acceptors (Lipinski definition) is 2. The first-order valence-corrected chi connectivity index (χ1v) is 8.69. The van der Waals surface area contributed by atoms with E-state index < -0.39 is 0 Å². The van der Waals surface area contributed by atoms with E-state index in [2.05, 4.69) is 55.3 Å². The van der Waals surface area contributed by atoms with Crippen LogP contribution in [0.15, 0.2) is 24.3 Å². The van der Waals surface area contributed by atoms with E-state index in [9.17, 15) is 0 Å². The van der Waals surface area contributed by atoms with Gasteiger partial charge in [0, 0.05) is 13.1 Å². The largest absolute Gasteiger partial charge is 0.316 e. The molecule has 1 unspecified atom stereocenters. The van der Waals surface area contributed by atoms with E-state index in [0.717, 1.165) is 37.9 Å². The van der Waals surface area contributed by atoms with Crippen molar-refractivity contribution in [3.8, 4) is 0 Å². The molecule has 1 aliphatic heterocycles. The van der Waals surface area contributed by atoms with E-state index in [1.54, 1.807) is 0 Å². The third-order valence-electron chi connectivity index (χ3n) is 4.58. The summed E-state index contributed by atoms with van der Waals surface area (Å²) >= 11 is 0. The topological polar surface area (TPSA) is 15.3 Å². The van der Waals surface area contributed by atoms with Crippen molar-refractivity contribution in [1.82, 2.24) is 10.2 Å². The van der Waals surface area contributed by atoms with Gasteiger partial charge in [-0.25, -0.2) is 0 Å². The van der Waals surface area contributed by atoms with Gasteiger partial charge in [-0.05, 0) is 55.4 Å². The van der Waals surface area contributed by atoms with Crippen LogP contribution in [0.3, 0.4) is 0 Å². The molecule has 0 aromatic heterocycles. The van der Waals surface area contributed by atoms with Crippen molar-refractivity contribution >= 4 is 0 Å². The van der Waals surface area contributed by atoms with E-state index in [1.807, 2.05) is 0 Å². The third-order valence-corrected chi connectivity index (χ3v) is 4.58. The molecule has 1 fully saturated rings. The summed E-state index contributed by atoms with van der Waals surface area (Å²) in [6.45, 7) is 12.8. The molecule has 0 radical (unpaired) electrons. The highest BCUT2D eigenvalue weighted by Gasteiger charge is 2.21. The van der Waals surface area contributed by atoms with E-state index >= 15 is 0 Å². The fourth-order valence-electron chi connectivity index (χ4n) is 3.20. The molecule has 1 aromatic carbocycles. The predicted octanol–water partition coefficient (Wildman–Crippen LogP) is 3.71. The van der Waals surface area contributed by atoms with Gasteiger partial charge < -0.3 is 5.32 Å². The van der Waals surface area contributed by atoms with Crippen molar-refractivity contribution < 1.29 is 0 Å². The van der Waals surface area contributed by atoms with E-state index in [4.69, 9.17) is 0 Å². The Labute approximate surface area is 130 Å². The SMILES string of the molecule is CCC1CCN(Cc2ccccc2CCNCC(C)C)C1. The number of benzene rings is 1. The minimum Gasteiger partial charge on any atom is -0.316 e. The molecule has 0 amide bonds. The third kappa shape index (κ3) is 5.44. The van der Waals surface area contributed by atoms with Crippen LogP contribution in [0.2, 0.25) is 0 Å². The second-order valence-electron chi connectivity index (χ2n) is 6.91. The molecule has 2 heteroatoms. The maximum Gasteiger partial charge on any atom is 0.0236 e. The highest BCUT2D eigenvalue weighted by Crippen LogP contribution is 2.22. The molecule has 2 nitrogen and oxygen atoms in total. The van der Waals surface area contributed by atoms with Crippen LogP contribution in [-0.4, -0.2) is 31.1 Å². The van der Waals surface area contributed by atoms with E-state index in [0.29, 0.717) is 0 Å². The minimum atomic E-state index is 0.732. The fourth-order valence-corrected chi connectivity index (χ4v) is 3.20. The summed E-state index contributed by atoms with van der Waals surface area (Å²) in [7, 11) is 0. The van der Waals surface area contributed by atoms with E-state index in [1.165, 1.54) is 37.1 Å². The van der Waals surface area contributed by atoms with Gasteiger partial charge in [0.15, 0.2) is 0 Å². The van der Waals surface area contributed by atoms with Gasteiger partial charge in [0.25, 0.3) is 0 Å². The van der Waals surface area contributed by atoms with Crippen LogP contribution in [-0.2, 0) is 13.0 Å². The van der Waals surface area contributed by atoms with Gasteiger partial charge in [0.05, 0.1) is 0 Å². The Morgan fingerprint density at radius 1 is 1.24 bits per heavy atom. The van der Waals surface area contributed by atoms with E-state index in [-0.39, 0.29) is 0 Å². The lowest BCUT2D eigenvalue weighted by Gasteiger charge is -2.18. The number of hydrogen-bond donors (Lipinski definition) is 1. The molecule has 1 aliphatic rings. The summed E-state index contributed by atoms with van der Waals surface area (Å²) in [4.78, 5) is 2.63. The van der Waals surface area contributed by atoms with Crippen LogP contribution in [0, 0.1) is 11.8 Å². The Bertz CT molecular complexity index is 414. The molecule has 2 rings (SSSR count). The second-order valence-corrected chi connectivity index (χ2v) is 6.91. The smallest absolute Gasteiger partial charge is 0.0236 e. The molecule has 0 spiro atoms. The van der Waals surface area contributed by atoms with Crippen LogP contribution < -0.4 is 5.32 Å². The van der Waals surface area contributed by atoms with Crippen molar-refractivity contribution in [1.29, 1.82) is 0 Å². The summed E-state index contributed by atoms with van der Waals surface area (Å²) < 4.78 is 0. The van der Waals surface area contributed by atoms with Gasteiger partial charge in [0.2, 0.25) is 0 Å². The second kappa shape index (κ2) is 8.55. The highest BCUT2D eigenvalue weighted by molar-refractivity contribution is 5.27. The molecule has 1 saturated heterocycles. The number of likely N-dealkylation sites (tertiary alicyclic amines) is 1.